The molecule has 0 amide bonds. The van der Waals surface area contributed by atoms with Crippen LogP contribution in [0.4, 0.5) is 0 Å². The minimum atomic E-state index is 0.201. The molecule has 0 unspecified atom stereocenters. The van der Waals surface area contributed by atoms with E-state index in [9.17, 15) is 0 Å². The van der Waals surface area contributed by atoms with E-state index in [4.69, 9.17) is 14.6 Å². The minimum Gasteiger partial charge on any atom is -0.493 e. The first-order chi connectivity index (χ1) is 9.83. The molecule has 0 aliphatic rings. The number of aliphatic hydroxyl groups is 1. The fourth-order valence-corrected chi connectivity index (χ4v) is 2.01. The van der Waals surface area contributed by atoms with Crippen LogP contribution in [0.3, 0.4) is 0 Å². The zero-order chi connectivity index (χ0) is 14.2. The molecule has 2 rings (SSSR count). The van der Waals surface area contributed by atoms with Gasteiger partial charge in [-0.3, -0.25) is 0 Å². The predicted molar refractivity (Wildman–Crippen MR) is 79.2 cm³/mol. The van der Waals surface area contributed by atoms with E-state index >= 15 is 0 Å². The van der Waals surface area contributed by atoms with Crippen molar-refractivity contribution in [2.24, 2.45) is 0 Å². The molecule has 2 aromatic rings. The van der Waals surface area contributed by atoms with Gasteiger partial charge in [0.05, 0.1) is 7.11 Å². The third-order valence-corrected chi connectivity index (χ3v) is 3.09. The molecule has 20 heavy (non-hydrogen) atoms. The van der Waals surface area contributed by atoms with Crippen LogP contribution in [0.2, 0.25) is 0 Å². The van der Waals surface area contributed by atoms with Crippen molar-refractivity contribution in [1.29, 1.82) is 0 Å². The third-order valence-electron chi connectivity index (χ3n) is 3.09. The zero-order valence-corrected chi connectivity index (χ0v) is 11.7. The number of rotatable bonds is 7. The highest BCUT2D eigenvalue weighted by molar-refractivity contribution is 5.43. The molecule has 0 fully saturated rings. The van der Waals surface area contributed by atoms with Gasteiger partial charge in [0, 0.05) is 6.61 Å². The highest BCUT2D eigenvalue weighted by Crippen LogP contribution is 2.29. The maximum atomic E-state index is 8.89. The standard InChI is InChI=1S/C17H20O3/c1-19-16-10-9-14(8-5-11-18)12-17(16)20-13-15-6-3-2-4-7-15/h2-4,6-7,9-10,12,18H,5,8,11,13H2,1H3. The van der Waals surface area contributed by atoms with E-state index < -0.39 is 0 Å². The van der Waals surface area contributed by atoms with Gasteiger partial charge >= 0.3 is 0 Å². The lowest BCUT2D eigenvalue weighted by Crippen LogP contribution is -1.99. The van der Waals surface area contributed by atoms with Crippen LogP contribution in [0, 0.1) is 0 Å². The van der Waals surface area contributed by atoms with Crippen molar-refractivity contribution in [1.82, 2.24) is 0 Å². The number of hydrogen-bond donors (Lipinski definition) is 1. The van der Waals surface area contributed by atoms with Crippen molar-refractivity contribution in [2.45, 2.75) is 19.4 Å². The molecule has 0 aromatic heterocycles. The lowest BCUT2D eigenvalue weighted by Gasteiger charge is -2.12. The number of ether oxygens (including phenoxy) is 2. The second kappa shape index (κ2) is 7.56. The second-order valence-corrected chi connectivity index (χ2v) is 4.59. The monoisotopic (exact) mass is 272 g/mol. The Bertz CT molecular complexity index is 523. The Balaban J connectivity index is 2.07. The van der Waals surface area contributed by atoms with Crippen molar-refractivity contribution < 1.29 is 14.6 Å². The van der Waals surface area contributed by atoms with Gasteiger partial charge in [-0.15, -0.1) is 0 Å². The Morgan fingerprint density at radius 3 is 2.45 bits per heavy atom. The van der Waals surface area contributed by atoms with Gasteiger partial charge in [-0.1, -0.05) is 36.4 Å². The molecule has 3 nitrogen and oxygen atoms in total. The molecule has 0 saturated heterocycles. The Morgan fingerprint density at radius 1 is 0.950 bits per heavy atom. The molecule has 2 aromatic carbocycles. The fourth-order valence-electron chi connectivity index (χ4n) is 2.01. The molecule has 0 heterocycles. The summed E-state index contributed by atoms with van der Waals surface area (Å²) < 4.78 is 11.2. The summed E-state index contributed by atoms with van der Waals surface area (Å²) in [6, 6.07) is 15.9. The Hall–Kier alpha value is -2.00. The van der Waals surface area contributed by atoms with Gasteiger partial charge in [0.1, 0.15) is 6.61 Å². The van der Waals surface area contributed by atoms with Crippen LogP contribution in [0.25, 0.3) is 0 Å². The van der Waals surface area contributed by atoms with E-state index in [0.29, 0.717) is 6.61 Å². The molecule has 0 aliphatic carbocycles. The molecular weight excluding hydrogens is 252 g/mol. The second-order valence-electron chi connectivity index (χ2n) is 4.59. The van der Waals surface area contributed by atoms with Gasteiger partial charge in [0.15, 0.2) is 11.5 Å². The van der Waals surface area contributed by atoms with Crippen LogP contribution < -0.4 is 9.47 Å². The summed E-state index contributed by atoms with van der Waals surface area (Å²) in [6.07, 6.45) is 1.59. The molecule has 0 spiro atoms. The molecule has 1 N–H and O–H groups in total. The summed E-state index contributed by atoms with van der Waals surface area (Å²) in [4.78, 5) is 0. The Kier molecular flexibility index (Phi) is 5.44. The Morgan fingerprint density at radius 2 is 1.75 bits per heavy atom. The molecule has 0 saturated carbocycles. The number of methoxy groups -OCH3 is 1. The molecule has 0 atom stereocenters. The van der Waals surface area contributed by atoms with Gasteiger partial charge < -0.3 is 14.6 Å². The van der Waals surface area contributed by atoms with Gasteiger partial charge in [-0.25, -0.2) is 0 Å². The summed E-state index contributed by atoms with van der Waals surface area (Å²) in [5.41, 5.74) is 2.26. The molecular formula is C17H20O3. The Labute approximate surface area is 119 Å². The van der Waals surface area contributed by atoms with E-state index in [1.165, 1.54) is 0 Å². The lowest BCUT2D eigenvalue weighted by molar-refractivity contribution is 0.282. The highest BCUT2D eigenvalue weighted by atomic mass is 16.5. The van der Waals surface area contributed by atoms with Crippen molar-refractivity contribution in [2.75, 3.05) is 13.7 Å². The van der Waals surface area contributed by atoms with Crippen molar-refractivity contribution in [3.63, 3.8) is 0 Å². The molecule has 0 aliphatic heterocycles. The number of benzene rings is 2. The summed E-state index contributed by atoms with van der Waals surface area (Å²) in [6.45, 7) is 0.715. The van der Waals surface area contributed by atoms with Crippen LogP contribution in [-0.4, -0.2) is 18.8 Å². The normalized spacial score (nSPS) is 10.3. The number of aryl methyl sites for hydroxylation is 1. The van der Waals surface area contributed by atoms with Crippen molar-refractivity contribution in [3.05, 3.63) is 59.7 Å². The fraction of sp³-hybridized carbons (Fsp3) is 0.294. The molecule has 0 bridgehead atoms. The SMILES string of the molecule is COc1ccc(CCCO)cc1OCc1ccccc1. The number of aliphatic hydroxyl groups excluding tert-OH is 1. The smallest absolute Gasteiger partial charge is 0.161 e. The topological polar surface area (TPSA) is 38.7 Å². The quantitative estimate of drug-likeness (QED) is 0.841. The maximum Gasteiger partial charge on any atom is 0.161 e. The van der Waals surface area contributed by atoms with E-state index in [0.717, 1.165) is 35.5 Å². The van der Waals surface area contributed by atoms with Crippen molar-refractivity contribution >= 4 is 0 Å². The third kappa shape index (κ3) is 4.00. The van der Waals surface area contributed by atoms with Crippen LogP contribution in [0.15, 0.2) is 48.5 Å². The van der Waals surface area contributed by atoms with Gasteiger partial charge in [0.2, 0.25) is 0 Å². The maximum absolute atomic E-state index is 8.89. The summed E-state index contributed by atoms with van der Waals surface area (Å²) in [5.74, 6) is 1.47. The summed E-state index contributed by atoms with van der Waals surface area (Å²) in [5, 5.41) is 8.89. The van der Waals surface area contributed by atoms with E-state index in [2.05, 4.69) is 0 Å². The van der Waals surface area contributed by atoms with Gasteiger partial charge in [-0.05, 0) is 36.1 Å². The van der Waals surface area contributed by atoms with Crippen LogP contribution >= 0.6 is 0 Å². The number of hydrogen-bond acceptors (Lipinski definition) is 3. The van der Waals surface area contributed by atoms with E-state index in [-0.39, 0.29) is 6.61 Å². The van der Waals surface area contributed by atoms with Crippen LogP contribution in [0.1, 0.15) is 17.5 Å². The first kappa shape index (κ1) is 14.4. The van der Waals surface area contributed by atoms with E-state index in [1.807, 2.05) is 48.5 Å². The predicted octanol–water partition coefficient (Wildman–Crippen LogP) is 3.20. The zero-order valence-electron chi connectivity index (χ0n) is 11.7. The van der Waals surface area contributed by atoms with Gasteiger partial charge in [-0.2, -0.15) is 0 Å². The van der Waals surface area contributed by atoms with E-state index in [1.54, 1.807) is 7.11 Å². The minimum absolute atomic E-state index is 0.201. The molecule has 106 valence electrons. The lowest BCUT2D eigenvalue weighted by atomic mass is 10.1. The largest absolute Gasteiger partial charge is 0.493 e. The summed E-state index contributed by atoms with van der Waals surface area (Å²) in [7, 11) is 1.64. The first-order valence-electron chi connectivity index (χ1n) is 6.78. The molecule has 0 radical (unpaired) electrons. The average Bonchev–Trinajstić information content (AvgIpc) is 2.52. The summed E-state index contributed by atoms with van der Waals surface area (Å²) >= 11 is 0. The average molecular weight is 272 g/mol. The van der Waals surface area contributed by atoms with Gasteiger partial charge in [0.25, 0.3) is 0 Å². The first-order valence-corrected chi connectivity index (χ1v) is 6.78. The molecule has 3 heteroatoms. The highest BCUT2D eigenvalue weighted by Gasteiger charge is 2.06. The van der Waals surface area contributed by atoms with Crippen molar-refractivity contribution in [3.8, 4) is 11.5 Å². The van der Waals surface area contributed by atoms with Crippen LogP contribution in [0.5, 0.6) is 11.5 Å². The van der Waals surface area contributed by atoms with Crippen LogP contribution in [-0.2, 0) is 13.0 Å².